The molecule has 1 saturated carbocycles. The van der Waals surface area contributed by atoms with Crippen LogP contribution in [0.4, 0.5) is 0 Å². The van der Waals surface area contributed by atoms with Gasteiger partial charge in [0.2, 0.25) is 0 Å². The van der Waals surface area contributed by atoms with E-state index in [1.807, 2.05) is 26.1 Å². The molecular weight excluding hydrogens is 244 g/mol. The van der Waals surface area contributed by atoms with Gasteiger partial charge in [-0.1, -0.05) is 55.7 Å². The minimum Gasteiger partial charge on any atom is -0.319 e. The van der Waals surface area contributed by atoms with Crippen LogP contribution in [-0.2, 0) is 0 Å². The molecular formula is C18H34N2. The van der Waals surface area contributed by atoms with E-state index in [2.05, 4.69) is 30.8 Å². The van der Waals surface area contributed by atoms with E-state index in [9.17, 15) is 0 Å². The minimum atomic E-state index is 0.985. The Bertz CT molecular complexity index is 283. The maximum atomic E-state index is 3.90. The van der Waals surface area contributed by atoms with Crippen LogP contribution in [0.25, 0.3) is 0 Å². The maximum Gasteiger partial charge on any atom is -0.00116 e. The van der Waals surface area contributed by atoms with E-state index in [0.717, 1.165) is 30.0 Å². The zero-order valence-electron chi connectivity index (χ0n) is 13.8. The molecule has 0 aromatic heterocycles. The SMILES string of the molecule is C=C(C)/C=C\C(=C)CCNC.CNCC1CCCCC1. The number of nitrogens with one attached hydrogen (secondary N) is 2. The molecule has 0 spiro atoms. The Balaban J connectivity index is 0.000000367. The molecule has 20 heavy (non-hydrogen) atoms. The fourth-order valence-electron chi connectivity index (χ4n) is 2.31. The van der Waals surface area contributed by atoms with E-state index in [-0.39, 0.29) is 0 Å². The predicted molar refractivity (Wildman–Crippen MR) is 92.1 cm³/mol. The monoisotopic (exact) mass is 278 g/mol. The molecule has 0 aromatic carbocycles. The van der Waals surface area contributed by atoms with Crippen LogP contribution in [-0.4, -0.2) is 27.2 Å². The van der Waals surface area contributed by atoms with Crippen molar-refractivity contribution in [2.75, 3.05) is 27.2 Å². The molecule has 1 aliphatic rings. The lowest BCUT2D eigenvalue weighted by Gasteiger charge is -2.20. The summed E-state index contributed by atoms with van der Waals surface area (Å²) in [6, 6.07) is 0. The first-order valence-electron chi connectivity index (χ1n) is 7.90. The second-order valence-electron chi connectivity index (χ2n) is 5.75. The Hall–Kier alpha value is -0.860. The summed E-state index contributed by atoms with van der Waals surface area (Å²) in [6.07, 6.45) is 12.3. The summed E-state index contributed by atoms with van der Waals surface area (Å²) in [6.45, 7) is 11.9. The topological polar surface area (TPSA) is 24.1 Å². The lowest BCUT2D eigenvalue weighted by molar-refractivity contribution is 0.350. The zero-order chi connectivity index (χ0) is 15.2. The van der Waals surface area contributed by atoms with E-state index in [1.165, 1.54) is 38.6 Å². The van der Waals surface area contributed by atoms with Gasteiger partial charge in [0.25, 0.3) is 0 Å². The number of allylic oxidation sites excluding steroid dienone is 3. The van der Waals surface area contributed by atoms with Gasteiger partial charge in [-0.2, -0.15) is 0 Å². The summed E-state index contributed by atoms with van der Waals surface area (Å²) < 4.78 is 0. The normalized spacial score (nSPS) is 15.8. The smallest absolute Gasteiger partial charge is 0.00116 e. The molecule has 0 aromatic rings. The fraction of sp³-hybridized carbons (Fsp3) is 0.667. The average molecular weight is 278 g/mol. The van der Waals surface area contributed by atoms with E-state index >= 15 is 0 Å². The lowest BCUT2D eigenvalue weighted by atomic mass is 9.89. The second-order valence-corrected chi connectivity index (χ2v) is 5.75. The quantitative estimate of drug-likeness (QED) is 0.686. The molecule has 0 heterocycles. The summed E-state index contributed by atoms with van der Waals surface area (Å²) in [5, 5.41) is 6.31. The third-order valence-electron chi connectivity index (χ3n) is 3.52. The average Bonchev–Trinajstić information content (AvgIpc) is 2.45. The van der Waals surface area contributed by atoms with Crippen molar-refractivity contribution in [3.05, 3.63) is 36.5 Å². The van der Waals surface area contributed by atoms with Crippen molar-refractivity contribution in [1.82, 2.24) is 10.6 Å². The minimum absolute atomic E-state index is 0.985. The van der Waals surface area contributed by atoms with Gasteiger partial charge in [-0.3, -0.25) is 0 Å². The Morgan fingerprint density at radius 2 is 1.70 bits per heavy atom. The second kappa shape index (κ2) is 13.1. The molecule has 0 bridgehead atoms. The van der Waals surface area contributed by atoms with Crippen LogP contribution >= 0.6 is 0 Å². The van der Waals surface area contributed by atoms with Crippen LogP contribution in [0.1, 0.15) is 45.4 Å². The molecule has 0 unspecified atom stereocenters. The molecule has 2 N–H and O–H groups in total. The van der Waals surface area contributed by atoms with Crippen LogP contribution in [0.2, 0.25) is 0 Å². The molecule has 2 heteroatoms. The molecule has 0 aliphatic heterocycles. The first-order valence-corrected chi connectivity index (χ1v) is 7.90. The van der Waals surface area contributed by atoms with Crippen molar-refractivity contribution in [2.24, 2.45) is 5.92 Å². The predicted octanol–water partition coefficient (Wildman–Crippen LogP) is 4.07. The highest BCUT2D eigenvalue weighted by Crippen LogP contribution is 2.22. The molecule has 1 fully saturated rings. The molecule has 116 valence electrons. The standard InChI is InChI=1S/C10H17N.C8H17N/c1-9(2)5-6-10(3)7-8-11-4;1-9-7-8-5-3-2-4-6-8/h5-6,11H,1,3,7-8H2,2,4H3;8-9H,2-7H2,1H3/b6-5-;. The summed E-state index contributed by atoms with van der Waals surface area (Å²) in [5.41, 5.74) is 2.21. The highest BCUT2D eigenvalue weighted by Gasteiger charge is 2.11. The Morgan fingerprint density at radius 1 is 1.05 bits per heavy atom. The van der Waals surface area contributed by atoms with Gasteiger partial charge < -0.3 is 10.6 Å². The van der Waals surface area contributed by atoms with Crippen molar-refractivity contribution in [2.45, 2.75) is 45.4 Å². The summed E-state index contributed by atoms with van der Waals surface area (Å²) in [4.78, 5) is 0. The third-order valence-corrected chi connectivity index (χ3v) is 3.52. The highest BCUT2D eigenvalue weighted by molar-refractivity contribution is 5.22. The van der Waals surface area contributed by atoms with Gasteiger partial charge in [0.15, 0.2) is 0 Å². The summed E-state index contributed by atoms with van der Waals surface area (Å²) in [7, 11) is 3.99. The molecule has 0 radical (unpaired) electrons. The van der Waals surface area contributed by atoms with Crippen molar-refractivity contribution in [3.63, 3.8) is 0 Å². The van der Waals surface area contributed by atoms with Crippen LogP contribution in [0.15, 0.2) is 36.5 Å². The third kappa shape index (κ3) is 12.2. The fourth-order valence-corrected chi connectivity index (χ4v) is 2.31. The van der Waals surface area contributed by atoms with E-state index < -0.39 is 0 Å². The van der Waals surface area contributed by atoms with Crippen LogP contribution in [0.5, 0.6) is 0 Å². The van der Waals surface area contributed by atoms with Crippen LogP contribution in [0.3, 0.4) is 0 Å². The van der Waals surface area contributed by atoms with Crippen LogP contribution < -0.4 is 10.6 Å². The molecule has 1 aliphatic carbocycles. The van der Waals surface area contributed by atoms with Gasteiger partial charge in [0, 0.05) is 0 Å². The van der Waals surface area contributed by atoms with E-state index in [1.54, 1.807) is 0 Å². The zero-order valence-corrected chi connectivity index (χ0v) is 13.8. The Kier molecular flexibility index (Phi) is 12.6. The van der Waals surface area contributed by atoms with Crippen molar-refractivity contribution >= 4 is 0 Å². The first-order chi connectivity index (χ1) is 9.60. The van der Waals surface area contributed by atoms with E-state index in [0.29, 0.717) is 0 Å². The Labute approximate surface area is 126 Å². The molecule has 0 saturated heterocycles. The maximum absolute atomic E-state index is 3.90. The van der Waals surface area contributed by atoms with Gasteiger partial charge >= 0.3 is 0 Å². The van der Waals surface area contributed by atoms with Gasteiger partial charge in [-0.15, -0.1) is 0 Å². The lowest BCUT2D eigenvalue weighted by Crippen LogP contribution is -2.20. The molecule has 0 amide bonds. The van der Waals surface area contributed by atoms with Crippen molar-refractivity contribution < 1.29 is 0 Å². The Morgan fingerprint density at radius 3 is 2.20 bits per heavy atom. The van der Waals surface area contributed by atoms with Crippen LogP contribution in [0, 0.1) is 5.92 Å². The van der Waals surface area contributed by atoms with Gasteiger partial charge in [-0.25, -0.2) is 0 Å². The summed E-state index contributed by atoms with van der Waals surface area (Å²) in [5.74, 6) is 0.990. The van der Waals surface area contributed by atoms with E-state index in [4.69, 9.17) is 0 Å². The number of rotatable bonds is 7. The van der Waals surface area contributed by atoms with Crippen molar-refractivity contribution in [3.8, 4) is 0 Å². The van der Waals surface area contributed by atoms with Gasteiger partial charge in [-0.05, 0) is 59.3 Å². The van der Waals surface area contributed by atoms with Gasteiger partial charge in [0.1, 0.15) is 0 Å². The highest BCUT2D eigenvalue weighted by atomic mass is 14.8. The largest absolute Gasteiger partial charge is 0.319 e. The van der Waals surface area contributed by atoms with Crippen molar-refractivity contribution in [1.29, 1.82) is 0 Å². The molecule has 1 rings (SSSR count). The number of hydrogen-bond acceptors (Lipinski definition) is 2. The first kappa shape index (κ1) is 19.1. The number of hydrogen-bond donors (Lipinski definition) is 2. The van der Waals surface area contributed by atoms with Gasteiger partial charge in [0.05, 0.1) is 0 Å². The molecule has 0 atom stereocenters. The molecule has 2 nitrogen and oxygen atoms in total. The summed E-state index contributed by atoms with van der Waals surface area (Å²) >= 11 is 0.